The topological polar surface area (TPSA) is 44.8 Å². The molecule has 1 fully saturated rings. The van der Waals surface area contributed by atoms with E-state index in [4.69, 9.17) is 4.74 Å². The van der Waals surface area contributed by atoms with Crippen molar-refractivity contribution in [2.75, 3.05) is 47.1 Å². The summed E-state index contributed by atoms with van der Waals surface area (Å²) < 4.78 is 5.40. The van der Waals surface area contributed by atoms with Crippen molar-refractivity contribution in [3.63, 3.8) is 0 Å². The number of nitrogens with one attached hydrogen (secondary N) is 1. The zero-order valence-corrected chi connectivity index (χ0v) is 10.5. The summed E-state index contributed by atoms with van der Waals surface area (Å²) in [6.07, 6.45) is 1.10. The summed E-state index contributed by atoms with van der Waals surface area (Å²) in [5, 5.41) is 2.99. The average Bonchev–Trinajstić information content (AvgIpc) is 2.42. The SMILES string of the molecule is CCCN(C)CN1CCOCC(NC)C1=O. The lowest BCUT2D eigenvalue weighted by atomic mass is 10.3. The van der Waals surface area contributed by atoms with Crippen molar-refractivity contribution in [3.8, 4) is 0 Å². The summed E-state index contributed by atoms with van der Waals surface area (Å²) in [5.41, 5.74) is 0. The first-order valence-corrected chi connectivity index (χ1v) is 5.91. The molecule has 0 aromatic rings. The lowest BCUT2D eigenvalue weighted by Crippen LogP contribution is -2.49. The van der Waals surface area contributed by atoms with Crippen LogP contribution in [0.2, 0.25) is 0 Å². The summed E-state index contributed by atoms with van der Waals surface area (Å²) in [6, 6.07) is -0.197. The molecule has 1 N–H and O–H groups in total. The van der Waals surface area contributed by atoms with Crippen LogP contribution >= 0.6 is 0 Å². The Bertz CT molecular complexity index is 223. The van der Waals surface area contributed by atoms with E-state index in [0.29, 0.717) is 26.4 Å². The predicted octanol–water partition coefficient (Wildman–Crippen LogP) is -0.267. The van der Waals surface area contributed by atoms with Crippen LogP contribution in [-0.2, 0) is 9.53 Å². The van der Waals surface area contributed by atoms with Crippen LogP contribution in [0.15, 0.2) is 0 Å². The van der Waals surface area contributed by atoms with Crippen LogP contribution < -0.4 is 5.32 Å². The molecule has 1 rings (SSSR count). The number of hydrogen-bond donors (Lipinski definition) is 1. The predicted molar refractivity (Wildman–Crippen MR) is 63.2 cm³/mol. The molecule has 1 heterocycles. The molecule has 1 amide bonds. The maximum atomic E-state index is 12.1. The zero-order valence-electron chi connectivity index (χ0n) is 10.5. The zero-order chi connectivity index (χ0) is 12.0. The number of amides is 1. The van der Waals surface area contributed by atoms with Gasteiger partial charge in [0.25, 0.3) is 0 Å². The minimum atomic E-state index is -0.197. The van der Waals surface area contributed by atoms with Crippen LogP contribution in [-0.4, -0.2) is 68.8 Å². The normalized spacial score (nSPS) is 22.6. The molecular formula is C11H23N3O2. The Balaban J connectivity index is 2.52. The van der Waals surface area contributed by atoms with Gasteiger partial charge in [-0.05, 0) is 27.1 Å². The fourth-order valence-electron chi connectivity index (χ4n) is 1.87. The van der Waals surface area contributed by atoms with Gasteiger partial charge in [0, 0.05) is 6.54 Å². The molecule has 0 aromatic heterocycles. The summed E-state index contributed by atoms with van der Waals surface area (Å²) in [6.45, 7) is 5.63. The fraction of sp³-hybridized carbons (Fsp3) is 0.909. The molecule has 94 valence electrons. The van der Waals surface area contributed by atoms with Crippen molar-refractivity contribution in [1.29, 1.82) is 0 Å². The Labute approximate surface area is 97.7 Å². The van der Waals surface area contributed by atoms with E-state index in [1.165, 1.54) is 0 Å². The largest absolute Gasteiger partial charge is 0.377 e. The molecule has 1 aliphatic heterocycles. The first-order valence-electron chi connectivity index (χ1n) is 5.91. The fourth-order valence-corrected chi connectivity index (χ4v) is 1.87. The van der Waals surface area contributed by atoms with E-state index in [2.05, 4.69) is 17.1 Å². The Morgan fingerprint density at radius 2 is 2.38 bits per heavy atom. The van der Waals surface area contributed by atoms with E-state index in [1.54, 1.807) is 7.05 Å². The van der Waals surface area contributed by atoms with Crippen LogP contribution in [0, 0.1) is 0 Å². The van der Waals surface area contributed by atoms with E-state index >= 15 is 0 Å². The third kappa shape index (κ3) is 3.73. The van der Waals surface area contributed by atoms with Crippen molar-refractivity contribution in [2.24, 2.45) is 0 Å². The quantitative estimate of drug-likeness (QED) is 0.705. The maximum absolute atomic E-state index is 12.1. The number of ether oxygens (including phenoxy) is 1. The molecule has 5 heteroatoms. The van der Waals surface area contributed by atoms with Crippen molar-refractivity contribution in [3.05, 3.63) is 0 Å². The Kier molecular flexibility index (Phi) is 5.73. The molecule has 0 radical (unpaired) electrons. The van der Waals surface area contributed by atoms with Crippen LogP contribution in [0.5, 0.6) is 0 Å². The lowest BCUT2D eigenvalue weighted by molar-refractivity contribution is -0.134. The van der Waals surface area contributed by atoms with E-state index in [0.717, 1.165) is 13.0 Å². The van der Waals surface area contributed by atoms with Gasteiger partial charge in [-0.15, -0.1) is 0 Å². The molecule has 1 atom stereocenters. The number of nitrogens with zero attached hydrogens (tertiary/aromatic N) is 2. The molecule has 0 saturated carbocycles. The van der Waals surface area contributed by atoms with Crippen molar-refractivity contribution >= 4 is 5.91 Å². The van der Waals surface area contributed by atoms with Crippen molar-refractivity contribution in [1.82, 2.24) is 15.1 Å². The average molecular weight is 229 g/mol. The summed E-state index contributed by atoms with van der Waals surface area (Å²) >= 11 is 0. The minimum Gasteiger partial charge on any atom is -0.377 e. The smallest absolute Gasteiger partial charge is 0.243 e. The first-order chi connectivity index (χ1) is 7.69. The number of carbonyl (C=O) groups is 1. The molecule has 1 unspecified atom stereocenters. The van der Waals surface area contributed by atoms with Crippen molar-refractivity contribution in [2.45, 2.75) is 19.4 Å². The van der Waals surface area contributed by atoms with E-state index in [1.807, 2.05) is 11.9 Å². The molecule has 1 saturated heterocycles. The molecule has 0 aromatic carbocycles. The number of carbonyl (C=O) groups excluding carboxylic acids is 1. The first kappa shape index (κ1) is 13.4. The second-order valence-electron chi connectivity index (χ2n) is 4.24. The van der Waals surface area contributed by atoms with E-state index in [9.17, 15) is 4.79 Å². The molecule has 5 nitrogen and oxygen atoms in total. The lowest BCUT2D eigenvalue weighted by Gasteiger charge is -2.28. The highest BCUT2D eigenvalue weighted by Crippen LogP contribution is 2.03. The summed E-state index contributed by atoms with van der Waals surface area (Å²) in [5.74, 6) is 0.142. The van der Waals surface area contributed by atoms with Crippen LogP contribution in [0.4, 0.5) is 0 Å². The Morgan fingerprint density at radius 3 is 3.00 bits per heavy atom. The van der Waals surface area contributed by atoms with Crippen molar-refractivity contribution < 1.29 is 9.53 Å². The second kappa shape index (κ2) is 6.83. The number of hydrogen-bond acceptors (Lipinski definition) is 4. The van der Waals surface area contributed by atoms with Gasteiger partial charge in [0.2, 0.25) is 5.91 Å². The van der Waals surface area contributed by atoms with Gasteiger partial charge in [0.1, 0.15) is 6.04 Å². The molecule has 16 heavy (non-hydrogen) atoms. The summed E-state index contributed by atoms with van der Waals surface area (Å²) in [7, 11) is 3.84. The van der Waals surface area contributed by atoms with Gasteiger partial charge in [-0.25, -0.2) is 0 Å². The maximum Gasteiger partial charge on any atom is 0.243 e. The Morgan fingerprint density at radius 1 is 1.62 bits per heavy atom. The molecule has 1 aliphatic rings. The van der Waals surface area contributed by atoms with Crippen LogP contribution in [0.3, 0.4) is 0 Å². The minimum absolute atomic E-state index is 0.142. The van der Waals surface area contributed by atoms with E-state index < -0.39 is 0 Å². The van der Waals surface area contributed by atoms with Gasteiger partial charge in [-0.3, -0.25) is 9.69 Å². The standard InChI is InChI=1S/C11H23N3O2/c1-4-5-13(3)9-14-6-7-16-8-10(12-2)11(14)15/h10,12H,4-9H2,1-3H3. The summed E-state index contributed by atoms with van der Waals surface area (Å²) in [4.78, 5) is 16.1. The third-order valence-electron chi connectivity index (χ3n) is 2.77. The van der Waals surface area contributed by atoms with Gasteiger partial charge in [0.15, 0.2) is 0 Å². The second-order valence-corrected chi connectivity index (χ2v) is 4.24. The number of likely N-dealkylation sites (N-methyl/N-ethyl adjacent to an activating group) is 1. The molecular weight excluding hydrogens is 206 g/mol. The highest BCUT2D eigenvalue weighted by atomic mass is 16.5. The third-order valence-corrected chi connectivity index (χ3v) is 2.77. The Hall–Kier alpha value is -0.650. The van der Waals surface area contributed by atoms with Gasteiger partial charge in [0.05, 0.1) is 19.9 Å². The molecule has 0 spiro atoms. The van der Waals surface area contributed by atoms with Crippen LogP contribution in [0.25, 0.3) is 0 Å². The molecule has 0 aliphatic carbocycles. The monoisotopic (exact) mass is 229 g/mol. The highest BCUT2D eigenvalue weighted by Gasteiger charge is 2.26. The van der Waals surface area contributed by atoms with Gasteiger partial charge >= 0.3 is 0 Å². The van der Waals surface area contributed by atoms with Gasteiger partial charge in [-0.2, -0.15) is 0 Å². The van der Waals surface area contributed by atoms with Crippen LogP contribution in [0.1, 0.15) is 13.3 Å². The highest BCUT2D eigenvalue weighted by molar-refractivity contribution is 5.82. The number of rotatable bonds is 5. The van der Waals surface area contributed by atoms with Gasteiger partial charge in [-0.1, -0.05) is 6.92 Å². The van der Waals surface area contributed by atoms with E-state index in [-0.39, 0.29) is 11.9 Å². The molecule has 0 bridgehead atoms. The van der Waals surface area contributed by atoms with Gasteiger partial charge < -0.3 is 15.0 Å².